The molecular weight excluding hydrogens is 484 g/mol. The van der Waals surface area contributed by atoms with Crippen molar-refractivity contribution in [2.75, 3.05) is 22.9 Å². The molecule has 4 rings (SSSR count). The van der Waals surface area contributed by atoms with Gasteiger partial charge in [0, 0.05) is 12.2 Å². The van der Waals surface area contributed by atoms with Gasteiger partial charge in [0.25, 0.3) is 5.91 Å². The maximum Gasteiger partial charge on any atom is 0.261 e. The van der Waals surface area contributed by atoms with E-state index < -0.39 is 23.1 Å². The molecule has 0 spiro atoms. The summed E-state index contributed by atoms with van der Waals surface area (Å²) < 4.78 is 37.8. The Morgan fingerprint density at radius 1 is 1.19 bits per heavy atom. The van der Waals surface area contributed by atoms with Gasteiger partial charge in [-0.05, 0) is 54.6 Å². The van der Waals surface area contributed by atoms with Crippen LogP contribution in [0.4, 0.5) is 20.2 Å². The van der Waals surface area contributed by atoms with Crippen LogP contribution in [0.3, 0.4) is 0 Å². The van der Waals surface area contributed by atoms with Crippen LogP contribution in [-0.4, -0.2) is 39.1 Å². The van der Waals surface area contributed by atoms with E-state index in [4.69, 9.17) is 4.74 Å². The van der Waals surface area contributed by atoms with Gasteiger partial charge in [-0.3, -0.25) is 4.79 Å². The van der Waals surface area contributed by atoms with E-state index in [1.165, 1.54) is 12.3 Å². The normalized spacial score (nSPS) is 12.0. The number of carbonyl (C=O) groups excluding carboxylic acids is 1. The molecule has 0 fully saturated rings. The van der Waals surface area contributed by atoms with Crippen LogP contribution in [0.15, 0.2) is 48.7 Å². The molecule has 188 valence electrons. The van der Waals surface area contributed by atoms with Crippen molar-refractivity contribution >= 4 is 44.5 Å². The van der Waals surface area contributed by atoms with E-state index in [1.54, 1.807) is 13.2 Å². The Hall–Kier alpha value is -3.79. The lowest BCUT2D eigenvalue weighted by atomic mass is 10.1. The highest BCUT2D eigenvalue weighted by atomic mass is 32.2. The van der Waals surface area contributed by atoms with Gasteiger partial charge >= 0.3 is 0 Å². The lowest BCUT2D eigenvalue weighted by molar-refractivity contribution is 0.101. The molecule has 2 aromatic carbocycles. The molecular formula is C26H27F2N5O2S. The Morgan fingerprint density at radius 2 is 1.97 bits per heavy atom. The number of rotatable bonds is 9. The maximum atomic E-state index is 15.1. The standard InChI is InChI=1S/C26H27F2N5O2S/c1-4-12-36(5-2)33-20-11-10-19(27)23(24(20)28)26(34)30-17-14-21-25(29-15-17)32-22(31-21)13-16-6-8-18(35-3)9-7-16/h5-11,14-15,33H,4,12-13H2,1-3H3,(H,30,34)(H,29,31,32). The summed E-state index contributed by atoms with van der Waals surface area (Å²) in [7, 11) is 1.23. The minimum atomic E-state index is -0.941. The van der Waals surface area contributed by atoms with Crippen LogP contribution in [0.1, 0.15) is 42.0 Å². The van der Waals surface area contributed by atoms with Crippen LogP contribution in [0.25, 0.3) is 11.2 Å². The number of hydrogen-bond donors (Lipinski definition) is 3. The molecule has 10 heteroatoms. The molecule has 0 radical (unpaired) electrons. The summed E-state index contributed by atoms with van der Waals surface area (Å²) in [4.78, 5) is 24.8. The molecule has 1 amide bonds. The summed E-state index contributed by atoms with van der Waals surface area (Å²) in [6.45, 7) is 3.90. The zero-order chi connectivity index (χ0) is 25.7. The first-order valence-corrected chi connectivity index (χ1v) is 12.9. The highest BCUT2D eigenvalue weighted by molar-refractivity contribution is 8.16. The predicted octanol–water partition coefficient (Wildman–Crippen LogP) is 5.92. The third-order valence-electron chi connectivity index (χ3n) is 5.44. The fourth-order valence-corrected chi connectivity index (χ4v) is 5.00. The largest absolute Gasteiger partial charge is 0.497 e. The molecule has 4 aromatic rings. The molecule has 1 atom stereocenters. The quantitative estimate of drug-likeness (QED) is 0.243. The number of nitrogens with zero attached hydrogens (tertiary/aromatic N) is 2. The van der Waals surface area contributed by atoms with Gasteiger partial charge in [0.1, 0.15) is 23.0 Å². The van der Waals surface area contributed by atoms with E-state index in [9.17, 15) is 9.18 Å². The Morgan fingerprint density at radius 3 is 2.67 bits per heavy atom. The number of benzene rings is 2. The number of fused-ring (bicyclic) bond motifs is 1. The monoisotopic (exact) mass is 511 g/mol. The topological polar surface area (TPSA) is 91.9 Å². The van der Waals surface area contributed by atoms with Gasteiger partial charge in [-0.2, -0.15) is 0 Å². The number of aromatic amines is 1. The SMILES string of the molecule is C/C=S(\CCC)Nc1ccc(F)c(C(=O)Nc2cnc3nc(Cc4ccc(OC)cc4)[nH]c3c2)c1F. The summed E-state index contributed by atoms with van der Waals surface area (Å²) in [6.07, 6.45) is 2.86. The van der Waals surface area contributed by atoms with Gasteiger partial charge in [-0.15, -0.1) is 10.7 Å². The number of pyridine rings is 1. The van der Waals surface area contributed by atoms with Gasteiger partial charge in [0.2, 0.25) is 0 Å². The van der Waals surface area contributed by atoms with Gasteiger partial charge in [-0.1, -0.05) is 19.1 Å². The molecule has 36 heavy (non-hydrogen) atoms. The average Bonchev–Trinajstić information content (AvgIpc) is 3.27. The summed E-state index contributed by atoms with van der Waals surface area (Å²) >= 11 is 0. The molecule has 2 heterocycles. The number of H-pyrrole nitrogens is 1. The Bertz CT molecular complexity index is 1420. The van der Waals surface area contributed by atoms with Gasteiger partial charge in [0.15, 0.2) is 11.5 Å². The molecule has 0 aliphatic rings. The van der Waals surface area contributed by atoms with Gasteiger partial charge in [0.05, 0.1) is 30.2 Å². The second-order valence-electron chi connectivity index (χ2n) is 8.01. The highest BCUT2D eigenvalue weighted by Gasteiger charge is 2.21. The van der Waals surface area contributed by atoms with E-state index in [-0.39, 0.29) is 22.0 Å². The van der Waals surface area contributed by atoms with Crippen molar-refractivity contribution in [3.8, 4) is 5.75 Å². The second-order valence-corrected chi connectivity index (χ2v) is 9.95. The van der Waals surface area contributed by atoms with Crippen molar-refractivity contribution in [2.24, 2.45) is 0 Å². The number of aromatic nitrogens is 3. The Balaban J connectivity index is 1.53. The van der Waals surface area contributed by atoms with Crippen molar-refractivity contribution < 1.29 is 18.3 Å². The van der Waals surface area contributed by atoms with Crippen LogP contribution >= 0.6 is 10.7 Å². The molecule has 0 bridgehead atoms. The molecule has 0 aliphatic heterocycles. The minimum absolute atomic E-state index is 0.0850. The predicted molar refractivity (Wildman–Crippen MR) is 142 cm³/mol. The first-order valence-electron chi connectivity index (χ1n) is 11.4. The van der Waals surface area contributed by atoms with E-state index >= 15 is 4.39 Å². The highest BCUT2D eigenvalue weighted by Crippen LogP contribution is 2.27. The number of methoxy groups -OCH3 is 1. The third-order valence-corrected chi connectivity index (χ3v) is 7.34. The van der Waals surface area contributed by atoms with Crippen LogP contribution in [0, 0.1) is 11.6 Å². The first-order chi connectivity index (χ1) is 17.4. The fourth-order valence-electron chi connectivity index (χ4n) is 3.66. The van der Waals surface area contributed by atoms with Crippen molar-refractivity contribution in [2.45, 2.75) is 26.7 Å². The number of carbonyl (C=O) groups is 1. The van der Waals surface area contributed by atoms with Crippen molar-refractivity contribution in [3.05, 3.63) is 77.2 Å². The van der Waals surface area contributed by atoms with Crippen molar-refractivity contribution in [1.29, 1.82) is 0 Å². The summed E-state index contributed by atoms with van der Waals surface area (Å²) in [5.41, 5.74) is 1.82. The summed E-state index contributed by atoms with van der Waals surface area (Å²) in [6, 6.07) is 11.7. The fraction of sp³-hybridized carbons (Fsp3) is 0.231. The number of anilines is 2. The van der Waals surface area contributed by atoms with Crippen molar-refractivity contribution in [3.63, 3.8) is 0 Å². The molecule has 3 N–H and O–H groups in total. The number of hydrogen-bond acceptors (Lipinski definition) is 5. The number of imidazole rings is 1. The smallest absolute Gasteiger partial charge is 0.261 e. The van der Waals surface area contributed by atoms with Crippen LogP contribution in [0.5, 0.6) is 5.75 Å². The Labute approximate surface area is 210 Å². The third kappa shape index (κ3) is 5.71. The number of halogens is 2. The zero-order valence-electron chi connectivity index (χ0n) is 20.2. The van der Waals surface area contributed by atoms with Crippen molar-refractivity contribution in [1.82, 2.24) is 15.0 Å². The summed E-state index contributed by atoms with van der Waals surface area (Å²) in [5, 5.41) is 4.48. The maximum absolute atomic E-state index is 15.1. The minimum Gasteiger partial charge on any atom is -0.497 e. The molecule has 0 saturated heterocycles. The molecule has 0 aliphatic carbocycles. The Kier molecular flexibility index (Phi) is 7.94. The molecule has 1 unspecified atom stereocenters. The number of amides is 1. The van der Waals surface area contributed by atoms with Gasteiger partial charge in [-0.25, -0.2) is 18.7 Å². The van der Waals surface area contributed by atoms with E-state index in [0.717, 1.165) is 29.6 Å². The van der Waals surface area contributed by atoms with E-state index in [0.29, 0.717) is 23.4 Å². The number of nitrogens with one attached hydrogen (secondary N) is 3. The molecule has 2 aromatic heterocycles. The molecule has 0 saturated carbocycles. The van der Waals surface area contributed by atoms with E-state index in [1.807, 2.05) is 43.5 Å². The summed E-state index contributed by atoms with van der Waals surface area (Å²) in [5.74, 6) is -0.500. The lowest BCUT2D eigenvalue weighted by Gasteiger charge is -2.14. The molecule has 7 nitrogen and oxygen atoms in total. The zero-order valence-corrected chi connectivity index (χ0v) is 21.0. The van der Waals surface area contributed by atoms with E-state index in [2.05, 4.69) is 25.0 Å². The van der Waals surface area contributed by atoms with Crippen LogP contribution < -0.4 is 14.8 Å². The average molecular weight is 512 g/mol. The lowest BCUT2D eigenvalue weighted by Crippen LogP contribution is -2.17. The first kappa shape index (κ1) is 25.3. The van der Waals surface area contributed by atoms with Crippen LogP contribution in [0.2, 0.25) is 0 Å². The second kappa shape index (κ2) is 11.3. The number of ether oxygens (including phenoxy) is 1. The van der Waals surface area contributed by atoms with Gasteiger partial charge < -0.3 is 19.8 Å². The van der Waals surface area contributed by atoms with Crippen LogP contribution in [-0.2, 0) is 6.42 Å².